The molecule has 0 radical (unpaired) electrons. The predicted octanol–water partition coefficient (Wildman–Crippen LogP) is 1.07. The molecule has 1 N–H and O–H groups in total. The summed E-state index contributed by atoms with van der Waals surface area (Å²) >= 11 is 0. The number of carbonyl (C=O) groups is 1. The molecule has 0 spiro atoms. The van der Waals surface area contributed by atoms with Gasteiger partial charge >= 0.3 is 0 Å². The van der Waals surface area contributed by atoms with E-state index in [9.17, 15) is 4.79 Å². The van der Waals surface area contributed by atoms with Crippen LogP contribution in [0, 0.1) is 5.92 Å². The van der Waals surface area contributed by atoms with Crippen molar-refractivity contribution in [3.63, 3.8) is 0 Å². The van der Waals surface area contributed by atoms with Gasteiger partial charge < -0.3 is 5.32 Å². The van der Waals surface area contributed by atoms with Gasteiger partial charge in [0.15, 0.2) is 0 Å². The number of amides is 1. The summed E-state index contributed by atoms with van der Waals surface area (Å²) < 4.78 is 0. The predicted molar refractivity (Wildman–Crippen MR) is 38.5 cm³/mol. The van der Waals surface area contributed by atoms with Crippen LogP contribution < -0.4 is 5.32 Å². The van der Waals surface area contributed by atoms with Crippen LogP contribution in [0.3, 0.4) is 0 Å². The molecule has 0 aromatic carbocycles. The number of hydrogen-bond acceptors (Lipinski definition) is 1. The van der Waals surface area contributed by atoms with Crippen molar-refractivity contribution in [2.75, 3.05) is 0 Å². The highest BCUT2D eigenvalue weighted by atomic mass is 16.2. The van der Waals surface area contributed by atoms with Crippen LogP contribution >= 0.6 is 0 Å². The molecule has 3 rings (SSSR count). The van der Waals surface area contributed by atoms with Crippen molar-refractivity contribution in [2.24, 2.45) is 5.92 Å². The third kappa shape index (κ3) is 0.917. The molecule has 1 aliphatic carbocycles. The fourth-order valence-corrected chi connectivity index (χ4v) is 2.03. The second kappa shape index (κ2) is 2.26. The van der Waals surface area contributed by atoms with Crippen molar-refractivity contribution in [3.8, 4) is 0 Å². The highest BCUT2D eigenvalue weighted by Gasteiger charge is 2.30. The summed E-state index contributed by atoms with van der Waals surface area (Å²) in [5.74, 6) is 0.674. The molecule has 3 aliphatic rings. The number of rotatable bonds is 0. The van der Waals surface area contributed by atoms with Crippen LogP contribution in [0.1, 0.15) is 32.1 Å². The van der Waals surface area contributed by atoms with Crippen LogP contribution in [0.2, 0.25) is 0 Å². The van der Waals surface area contributed by atoms with Gasteiger partial charge in [0.25, 0.3) is 0 Å². The zero-order valence-electron chi connectivity index (χ0n) is 6.10. The van der Waals surface area contributed by atoms with Crippen molar-refractivity contribution in [1.29, 1.82) is 0 Å². The highest BCUT2D eigenvalue weighted by Crippen LogP contribution is 2.27. The lowest BCUT2D eigenvalue weighted by molar-refractivity contribution is -0.127. The topological polar surface area (TPSA) is 29.1 Å². The molecule has 1 amide bonds. The average molecular weight is 139 g/mol. The van der Waals surface area contributed by atoms with E-state index in [1.807, 2.05) is 0 Å². The summed E-state index contributed by atoms with van der Waals surface area (Å²) in [5, 5.41) is 3.04. The zero-order chi connectivity index (χ0) is 6.97. The van der Waals surface area contributed by atoms with Crippen molar-refractivity contribution in [3.05, 3.63) is 0 Å². The fraction of sp³-hybridized carbons (Fsp3) is 0.875. The third-order valence-electron chi connectivity index (χ3n) is 2.69. The Bertz CT molecular complexity index is 151. The monoisotopic (exact) mass is 139 g/mol. The minimum Gasteiger partial charge on any atom is -0.353 e. The molecule has 2 saturated heterocycles. The van der Waals surface area contributed by atoms with Gasteiger partial charge in [-0.2, -0.15) is 0 Å². The van der Waals surface area contributed by atoms with Crippen molar-refractivity contribution >= 4 is 5.91 Å². The molecule has 2 nitrogen and oxygen atoms in total. The summed E-state index contributed by atoms with van der Waals surface area (Å²) in [6.07, 6.45) is 5.94. The van der Waals surface area contributed by atoms with Gasteiger partial charge in [0, 0.05) is 12.0 Å². The lowest BCUT2D eigenvalue weighted by Gasteiger charge is -2.23. The maximum absolute atomic E-state index is 11.2. The van der Waals surface area contributed by atoms with E-state index >= 15 is 0 Å². The first-order chi connectivity index (χ1) is 4.86. The Hall–Kier alpha value is -0.530. The van der Waals surface area contributed by atoms with E-state index in [-0.39, 0.29) is 0 Å². The van der Waals surface area contributed by atoms with E-state index in [0.29, 0.717) is 17.9 Å². The Kier molecular flexibility index (Phi) is 1.40. The molecule has 10 heavy (non-hydrogen) atoms. The normalized spacial score (nSPS) is 39.0. The molecule has 56 valence electrons. The Morgan fingerprint density at radius 2 is 2.10 bits per heavy atom. The van der Waals surface area contributed by atoms with Gasteiger partial charge in [-0.1, -0.05) is 6.42 Å². The molecule has 2 heterocycles. The van der Waals surface area contributed by atoms with Gasteiger partial charge in [-0.3, -0.25) is 4.79 Å². The summed E-state index contributed by atoms with van der Waals surface area (Å²) in [6.45, 7) is 0. The number of hydrogen-bond donors (Lipinski definition) is 1. The van der Waals surface area contributed by atoms with Gasteiger partial charge in [-0.25, -0.2) is 0 Å². The molecule has 1 saturated carbocycles. The van der Waals surface area contributed by atoms with Crippen LogP contribution in [0.25, 0.3) is 0 Å². The lowest BCUT2D eigenvalue weighted by Crippen LogP contribution is -2.41. The zero-order valence-corrected chi connectivity index (χ0v) is 6.10. The number of nitrogens with one attached hydrogen (secondary N) is 1. The van der Waals surface area contributed by atoms with E-state index in [0.717, 1.165) is 12.8 Å². The molecule has 2 aliphatic heterocycles. The number of carbonyl (C=O) groups excluding carboxylic acids is 1. The molecule has 0 aromatic heterocycles. The Labute approximate surface area is 61.0 Å². The summed E-state index contributed by atoms with van der Waals surface area (Å²) in [7, 11) is 0. The van der Waals surface area contributed by atoms with Crippen molar-refractivity contribution < 1.29 is 4.79 Å². The first-order valence-electron chi connectivity index (χ1n) is 4.16. The third-order valence-corrected chi connectivity index (χ3v) is 2.69. The number of piperidine rings is 1. The average Bonchev–Trinajstić information content (AvgIpc) is 2.20. The molecule has 0 unspecified atom stereocenters. The molecule has 2 heteroatoms. The van der Waals surface area contributed by atoms with Crippen LogP contribution in [-0.2, 0) is 4.79 Å². The van der Waals surface area contributed by atoms with Crippen LogP contribution in [0.4, 0.5) is 0 Å². The summed E-state index contributed by atoms with van der Waals surface area (Å²) in [4.78, 5) is 11.2. The molecule has 2 atom stereocenters. The maximum Gasteiger partial charge on any atom is 0.223 e. The van der Waals surface area contributed by atoms with Crippen molar-refractivity contribution in [1.82, 2.24) is 5.32 Å². The number of fused-ring (bicyclic) bond motifs is 4. The standard InChI is InChI=1S/C8H13NO/c10-8-6-2-1-3-7(9-8)5-4-6/h6-7H,1-5H2,(H,9,10)/t6-,7+/m0/s1. The quantitative estimate of drug-likeness (QED) is 0.534. The fourth-order valence-electron chi connectivity index (χ4n) is 2.03. The summed E-state index contributed by atoms with van der Waals surface area (Å²) in [6, 6.07) is 0.520. The molecule has 0 aromatic rings. The lowest BCUT2D eigenvalue weighted by atomic mass is 9.96. The Morgan fingerprint density at radius 1 is 1.20 bits per heavy atom. The Morgan fingerprint density at radius 3 is 2.90 bits per heavy atom. The SMILES string of the molecule is O=C1N[C@@H]2CCC[C@H]1CC2. The summed E-state index contributed by atoms with van der Waals surface area (Å²) in [5.41, 5.74) is 0. The second-order valence-electron chi connectivity index (χ2n) is 3.41. The van der Waals surface area contributed by atoms with Crippen molar-refractivity contribution in [2.45, 2.75) is 38.1 Å². The van der Waals surface area contributed by atoms with Gasteiger partial charge in [0.05, 0.1) is 0 Å². The van der Waals surface area contributed by atoms with Gasteiger partial charge in [-0.05, 0) is 25.7 Å². The van der Waals surface area contributed by atoms with Crippen LogP contribution in [-0.4, -0.2) is 11.9 Å². The van der Waals surface area contributed by atoms with Crippen LogP contribution in [0.15, 0.2) is 0 Å². The van der Waals surface area contributed by atoms with E-state index in [4.69, 9.17) is 0 Å². The molecular formula is C8H13NO. The van der Waals surface area contributed by atoms with E-state index in [1.165, 1.54) is 19.3 Å². The van der Waals surface area contributed by atoms with Crippen LogP contribution in [0.5, 0.6) is 0 Å². The van der Waals surface area contributed by atoms with E-state index < -0.39 is 0 Å². The first-order valence-corrected chi connectivity index (χ1v) is 4.16. The van der Waals surface area contributed by atoms with E-state index in [2.05, 4.69) is 5.32 Å². The molecule has 2 bridgehead atoms. The maximum atomic E-state index is 11.2. The van der Waals surface area contributed by atoms with Gasteiger partial charge in [-0.15, -0.1) is 0 Å². The molecular weight excluding hydrogens is 126 g/mol. The van der Waals surface area contributed by atoms with Gasteiger partial charge in [0.1, 0.15) is 0 Å². The molecule has 3 fully saturated rings. The first kappa shape index (κ1) is 6.20. The van der Waals surface area contributed by atoms with Gasteiger partial charge in [0.2, 0.25) is 5.91 Å². The second-order valence-corrected chi connectivity index (χ2v) is 3.41. The Balaban J connectivity index is 2.15. The van der Waals surface area contributed by atoms with E-state index in [1.54, 1.807) is 0 Å². The highest BCUT2D eigenvalue weighted by molar-refractivity contribution is 5.79. The smallest absolute Gasteiger partial charge is 0.223 e. The minimum absolute atomic E-state index is 0.314. The minimum atomic E-state index is 0.314. The largest absolute Gasteiger partial charge is 0.353 e.